The van der Waals surface area contributed by atoms with Crippen molar-refractivity contribution in [2.45, 2.75) is 26.7 Å². The maximum Gasteiger partial charge on any atom is 0.0458 e. The lowest BCUT2D eigenvalue weighted by Crippen LogP contribution is -2.46. The largest absolute Gasteiger partial charge is 0.550 e. The Hall–Kier alpha value is -1.32. The van der Waals surface area contributed by atoms with E-state index in [0.29, 0.717) is 0 Å². The predicted molar refractivity (Wildman–Crippen MR) is 51.6 cm³/mol. The van der Waals surface area contributed by atoms with Crippen molar-refractivity contribution in [2.24, 2.45) is 23.7 Å². The van der Waals surface area contributed by atoms with Gasteiger partial charge in [-0.1, -0.05) is 11.1 Å². The number of carbonyl (C=O) groups is 2. The van der Waals surface area contributed by atoms with Crippen LogP contribution in [0.2, 0.25) is 0 Å². The Bertz CT molecular complexity index is 348. The predicted octanol–water partition coefficient (Wildman–Crippen LogP) is -0.905. The van der Waals surface area contributed by atoms with Crippen molar-refractivity contribution in [3.8, 4) is 0 Å². The van der Waals surface area contributed by atoms with Crippen LogP contribution in [-0.4, -0.2) is 11.9 Å². The number of carboxylic acids is 2. The number of hydrogen-bond donors (Lipinski definition) is 0. The molecule has 0 N–H and O–H groups in total. The first-order valence-corrected chi connectivity index (χ1v) is 5.54. The van der Waals surface area contributed by atoms with Gasteiger partial charge in [0.15, 0.2) is 0 Å². The van der Waals surface area contributed by atoms with Crippen LogP contribution in [0.15, 0.2) is 11.1 Å². The molecule has 2 saturated carbocycles. The van der Waals surface area contributed by atoms with E-state index in [9.17, 15) is 19.8 Å². The monoisotopic (exact) mass is 222 g/mol. The van der Waals surface area contributed by atoms with Crippen LogP contribution in [0.25, 0.3) is 0 Å². The van der Waals surface area contributed by atoms with Crippen LogP contribution in [0, 0.1) is 23.7 Å². The van der Waals surface area contributed by atoms with Crippen molar-refractivity contribution >= 4 is 11.9 Å². The van der Waals surface area contributed by atoms with E-state index in [0.717, 1.165) is 24.0 Å². The zero-order valence-electron chi connectivity index (χ0n) is 9.36. The highest BCUT2D eigenvalue weighted by atomic mass is 16.4. The fourth-order valence-electron chi connectivity index (χ4n) is 3.55. The lowest BCUT2D eigenvalue weighted by molar-refractivity contribution is -0.328. The van der Waals surface area contributed by atoms with Gasteiger partial charge in [-0.3, -0.25) is 0 Å². The lowest BCUT2D eigenvalue weighted by Gasteiger charge is -2.31. The second-order valence-corrected chi connectivity index (χ2v) is 4.94. The fraction of sp³-hybridized carbons (Fsp3) is 0.667. The summed E-state index contributed by atoms with van der Waals surface area (Å²) in [5, 5.41) is 22.1. The molecule has 0 amide bonds. The fourth-order valence-corrected chi connectivity index (χ4v) is 3.55. The normalized spacial score (nSPS) is 36.5. The minimum absolute atomic E-state index is 0.150. The first-order chi connectivity index (χ1) is 7.45. The second-order valence-electron chi connectivity index (χ2n) is 4.94. The van der Waals surface area contributed by atoms with Crippen molar-refractivity contribution < 1.29 is 19.8 Å². The van der Waals surface area contributed by atoms with Crippen LogP contribution in [0.3, 0.4) is 0 Å². The molecule has 4 heteroatoms. The van der Waals surface area contributed by atoms with E-state index in [4.69, 9.17) is 0 Å². The smallest absolute Gasteiger partial charge is 0.0458 e. The summed E-state index contributed by atoms with van der Waals surface area (Å²) in [6.07, 6.45) is 1.52. The van der Waals surface area contributed by atoms with Crippen LogP contribution < -0.4 is 10.2 Å². The molecule has 88 valence electrons. The zero-order valence-corrected chi connectivity index (χ0v) is 9.36. The number of allylic oxidation sites excluding steroid dienone is 2. The topological polar surface area (TPSA) is 80.3 Å². The van der Waals surface area contributed by atoms with E-state index in [1.807, 2.05) is 13.8 Å². The van der Waals surface area contributed by atoms with Gasteiger partial charge < -0.3 is 19.8 Å². The molecule has 0 spiro atoms. The Morgan fingerprint density at radius 2 is 1.38 bits per heavy atom. The average Bonchev–Trinajstić information content (AvgIpc) is 2.70. The highest BCUT2D eigenvalue weighted by Gasteiger charge is 2.52. The van der Waals surface area contributed by atoms with Gasteiger partial charge in [-0.2, -0.15) is 0 Å². The summed E-state index contributed by atoms with van der Waals surface area (Å²) in [5.41, 5.74) is 2.06. The van der Waals surface area contributed by atoms with Gasteiger partial charge in [0.25, 0.3) is 0 Å². The lowest BCUT2D eigenvalue weighted by atomic mass is 9.79. The Morgan fingerprint density at radius 3 is 1.62 bits per heavy atom. The molecule has 0 heterocycles. The van der Waals surface area contributed by atoms with E-state index in [1.54, 1.807) is 0 Å². The molecule has 0 radical (unpaired) electrons. The first-order valence-electron chi connectivity index (χ1n) is 5.54. The standard InChI is InChI=1S/C12H16O4/c1-5(2)8-6-3-4-7(8)10(12(15)16)9(6)11(13)14/h6-7,9-10H,3-4H2,1-2H3,(H,13,14)(H,15,16)/p-2/t6-,7-,9-,10+/m1/s1. The molecule has 0 saturated heterocycles. The van der Waals surface area contributed by atoms with E-state index in [-0.39, 0.29) is 11.8 Å². The van der Waals surface area contributed by atoms with Gasteiger partial charge in [-0.25, -0.2) is 0 Å². The number of rotatable bonds is 2. The Morgan fingerprint density at radius 1 is 1.00 bits per heavy atom. The van der Waals surface area contributed by atoms with Gasteiger partial charge in [-0.05, 0) is 38.5 Å². The molecular weight excluding hydrogens is 208 g/mol. The molecule has 2 bridgehead atoms. The van der Waals surface area contributed by atoms with Crippen LogP contribution >= 0.6 is 0 Å². The van der Waals surface area contributed by atoms with E-state index < -0.39 is 23.8 Å². The molecule has 0 aliphatic heterocycles. The van der Waals surface area contributed by atoms with Gasteiger partial charge in [0.2, 0.25) is 0 Å². The summed E-state index contributed by atoms with van der Waals surface area (Å²) in [6.45, 7) is 3.81. The van der Waals surface area contributed by atoms with E-state index >= 15 is 0 Å². The van der Waals surface area contributed by atoms with Gasteiger partial charge in [0, 0.05) is 23.8 Å². The molecule has 2 aliphatic rings. The van der Waals surface area contributed by atoms with Crippen LogP contribution in [-0.2, 0) is 9.59 Å². The Balaban J connectivity index is 2.46. The summed E-state index contributed by atoms with van der Waals surface area (Å²) in [5.74, 6) is -4.59. The van der Waals surface area contributed by atoms with Crippen molar-refractivity contribution in [3.63, 3.8) is 0 Å². The number of carboxylic acid groups (broad SMARTS) is 2. The summed E-state index contributed by atoms with van der Waals surface area (Å²) in [7, 11) is 0. The molecule has 0 aromatic carbocycles. The molecule has 2 fully saturated rings. The molecule has 0 unspecified atom stereocenters. The molecule has 4 nitrogen and oxygen atoms in total. The third-order valence-electron chi connectivity index (χ3n) is 3.96. The molecule has 2 aliphatic carbocycles. The first kappa shape index (κ1) is 11.2. The summed E-state index contributed by atoms with van der Waals surface area (Å²) in [4.78, 5) is 22.1. The maximum atomic E-state index is 11.0. The van der Waals surface area contributed by atoms with Crippen molar-refractivity contribution in [2.75, 3.05) is 0 Å². The molecule has 0 aromatic heterocycles. The molecular formula is C12H14O4-2. The number of hydrogen-bond acceptors (Lipinski definition) is 4. The molecule has 0 aromatic rings. The highest BCUT2D eigenvalue weighted by molar-refractivity contribution is 5.81. The minimum Gasteiger partial charge on any atom is -0.550 e. The minimum atomic E-state index is -1.25. The van der Waals surface area contributed by atoms with Gasteiger partial charge >= 0.3 is 0 Å². The van der Waals surface area contributed by atoms with Gasteiger partial charge in [0.1, 0.15) is 0 Å². The average molecular weight is 222 g/mol. The van der Waals surface area contributed by atoms with E-state index in [2.05, 4.69) is 0 Å². The highest BCUT2D eigenvalue weighted by Crippen LogP contribution is 2.56. The quantitative estimate of drug-likeness (QED) is 0.567. The van der Waals surface area contributed by atoms with Gasteiger partial charge in [0.05, 0.1) is 0 Å². The van der Waals surface area contributed by atoms with Crippen molar-refractivity contribution in [3.05, 3.63) is 11.1 Å². The number of carbonyl (C=O) groups excluding carboxylic acids is 2. The van der Waals surface area contributed by atoms with Gasteiger partial charge in [-0.15, -0.1) is 0 Å². The third-order valence-corrected chi connectivity index (χ3v) is 3.96. The summed E-state index contributed by atoms with van der Waals surface area (Å²) in [6, 6.07) is 0. The van der Waals surface area contributed by atoms with Crippen LogP contribution in [0.1, 0.15) is 26.7 Å². The number of aliphatic carboxylic acids is 2. The van der Waals surface area contributed by atoms with Crippen molar-refractivity contribution in [1.82, 2.24) is 0 Å². The Kier molecular flexibility index (Phi) is 2.52. The molecule has 4 atom stereocenters. The molecule has 2 rings (SSSR count). The van der Waals surface area contributed by atoms with Crippen LogP contribution in [0.5, 0.6) is 0 Å². The van der Waals surface area contributed by atoms with E-state index in [1.165, 1.54) is 0 Å². The second kappa shape index (κ2) is 3.61. The number of fused-ring (bicyclic) bond motifs is 2. The van der Waals surface area contributed by atoms with Crippen molar-refractivity contribution in [1.29, 1.82) is 0 Å². The summed E-state index contributed by atoms with van der Waals surface area (Å²) < 4.78 is 0. The molecule has 16 heavy (non-hydrogen) atoms. The maximum absolute atomic E-state index is 11.0. The summed E-state index contributed by atoms with van der Waals surface area (Å²) >= 11 is 0. The van der Waals surface area contributed by atoms with Crippen LogP contribution in [0.4, 0.5) is 0 Å². The third kappa shape index (κ3) is 1.36. The Labute approximate surface area is 94.0 Å². The zero-order chi connectivity index (χ0) is 12.0. The SMILES string of the molecule is CC(C)=C1[C@H]2CC[C@H]1[C@@H](C(=O)[O-])[C@H]2C(=O)[O-].